The Morgan fingerprint density at radius 3 is 2.57 bits per heavy atom. The van der Waals surface area contributed by atoms with Gasteiger partial charge in [-0.15, -0.1) is 0 Å². The van der Waals surface area contributed by atoms with Crippen LogP contribution in [0.4, 0.5) is 13.2 Å². The number of alkyl halides is 3. The third kappa shape index (κ3) is 3.10. The highest BCUT2D eigenvalue weighted by Crippen LogP contribution is 2.37. The van der Waals surface area contributed by atoms with Crippen LogP contribution in [0.1, 0.15) is 18.1 Å². The molecule has 1 aromatic heterocycles. The average Bonchev–Trinajstić information content (AvgIpc) is 2.37. The molecule has 8 heteroatoms. The molecule has 0 unspecified atom stereocenters. The summed E-state index contributed by atoms with van der Waals surface area (Å²) in [5, 5.41) is 9.66. The van der Waals surface area contributed by atoms with Crippen molar-refractivity contribution in [2.45, 2.75) is 19.5 Å². The molecule has 21 heavy (non-hydrogen) atoms. The van der Waals surface area contributed by atoms with E-state index in [-0.39, 0.29) is 27.8 Å². The second-order valence-corrected chi connectivity index (χ2v) is 5.17. The van der Waals surface area contributed by atoms with Gasteiger partial charge in [-0.3, -0.25) is 4.79 Å². The Labute approximate surface area is 125 Å². The fraction of sp³-hybridized carbons (Fsp3) is 0.231. The normalized spacial score (nSPS) is 11.7. The molecule has 0 saturated heterocycles. The SMILES string of the molecule is CCc1c(O)nc(-c2ccc(Br)cc2C(F)(F)F)[nH]c1=O. The van der Waals surface area contributed by atoms with Crippen molar-refractivity contribution in [2.24, 2.45) is 0 Å². The van der Waals surface area contributed by atoms with E-state index < -0.39 is 23.2 Å². The van der Waals surface area contributed by atoms with Gasteiger partial charge in [-0.25, -0.2) is 0 Å². The van der Waals surface area contributed by atoms with Crippen molar-refractivity contribution in [1.29, 1.82) is 0 Å². The van der Waals surface area contributed by atoms with Gasteiger partial charge in [-0.2, -0.15) is 18.2 Å². The van der Waals surface area contributed by atoms with Crippen LogP contribution in [0.25, 0.3) is 11.4 Å². The number of H-pyrrole nitrogens is 1. The minimum absolute atomic E-state index is 0.0319. The third-order valence-electron chi connectivity index (χ3n) is 2.89. The van der Waals surface area contributed by atoms with E-state index in [0.29, 0.717) is 0 Å². The summed E-state index contributed by atoms with van der Waals surface area (Å²) in [5.74, 6) is -0.887. The predicted octanol–water partition coefficient (Wildman–Crippen LogP) is 3.49. The fourth-order valence-corrected chi connectivity index (χ4v) is 2.25. The number of aromatic nitrogens is 2. The number of benzene rings is 1. The minimum atomic E-state index is -4.61. The van der Waals surface area contributed by atoms with Gasteiger partial charge in [0, 0.05) is 10.0 Å². The number of aromatic hydroxyl groups is 1. The maximum atomic E-state index is 13.1. The summed E-state index contributed by atoms with van der Waals surface area (Å²) in [6.07, 6.45) is -4.39. The summed E-state index contributed by atoms with van der Waals surface area (Å²) in [4.78, 5) is 17.7. The fourth-order valence-electron chi connectivity index (χ4n) is 1.89. The van der Waals surface area contributed by atoms with Gasteiger partial charge in [-0.05, 0) is 24.6 Å². The molecule has 0 aliphatic heterocycles. The maximum Gasteiger partial charge on any atom is 0.417 e. The van der Waals surface area contributed by atoms with Crippen LogP contribution in [0.2, 0.25) is 0 Å². The van der Waals surface area contributed by atoms with Gasteiger partial charge in [0.2, 0.25) is 5.88 Å². The lowest BCUT2D eigenvalue weighted by Crippen LogP contribution is -2.16. The van der Waals surface area contributed by atoms with Crippen LogP contribution in [0.5, 0.6) is 5.88 Å². The molecule has 0 amide bonds. The molecule has 0 aliphatic rings. The van der Waals surface area contributed by atoms with Gasteiger partial charge < -0.3 is 10.1 Å². The summed E-state index contributed by atoms with van der Waals surface area (Å²) in [7, 11) is 0. The summed E-state index contributed by atoms with van der Waals surface area (Å²) in [6, 6.07) is 3.46. The molecule has 112 valence electrons. The smallest absolute Gasteiger partial charge is 0.417 e. The van der Waals surface area contributed by atoms with Crippen LogP contribution < -0.4 is 5.56 Å². The Morgan fingerprint density at radius 1 is 1.38 bits per heavy atom. The molecule has 0 atom stereocenters. The van der Waals surface area contributed by atoms with Gasteiger partial charge in [0.25, 0.3) is 5.56 Å². The number of hydrogen-bond acceptors (Lipinski definition) is 3. The first kappa shape index (κ1) is 15.6. The Kier molecular flexibility index (Phi) is 4.08. The first-order valence-corrected chi connectivity index (χ1v) is 6.72. The summed E-state index contributed by atoms with van der Waals surface area (Å²) in [6.45, 7) is 1.63. The summed E-state index contributed by atoms with van der Waals surface area (Å²) >= 11 is 2.97. The molecular formula is C13H10BrF3N2O2. The van der Waals surface area contributed by atoms with Gasteiger partial charge >= 0.3 is 6.18 Å². The first-order chi connectivity index (χ1) is 9.74. The maximum absolute atomic E-state index is 13.1. The number of nitrogens with one attached hydrogen (secondary N) is 1. The zero-order valence-electron chi connectivity index (χ0n) is 10.8. The zero-order valence-corrected chi connectivity index (χ0v) is 12.3. The van der Waals surface area contributed by atoms with Crippen molar-refractivity contribution in [3.8, 4) is 17.3 Å². The van der Waals surface area contributed by atoms with Crippen molar-refractivity contribution in [2.75, 3.05) is 0 Å². The Bertz CT molecular complexity index is 741. The van der Waals surface area contributed by atoms with Crippen LogP contribution >= 0.6 is 15.9 Å². The molecule has 0 spiro atoms. The summed E-state index contributed by atoms with van der Waals surface area (Å²) in [5.41, 5.74) is -1.88. The zero-order chi connectivity index (χ0) is 15.8. The van der Waals surface area contributed by atoms with Gasteiger partial charge in [0.15, 0.2) is 0 Å². The van der Waals surface area contributed by atoms with Crippen molar-refractivity contribution < 1.29 is 18.3 Å². The second kappa shape index (κ2) is 5.51. The van der Waals surface area contributed by atoms with Crippen LogP contribution in [0.15, 0.2) is 27.5 Å². The molecule has 1 heterocycles. The highest BCUT2D eigenvalue weighted by atomic mass is 79.9. The Morgan fingerprint density at radius 2 is 2.05 bits per heavy atom. The first-order valence-electron chi connectivity index (χ1n) is 5.93. The number of hydrogen-bond donors (Lipinski definition) is 2. The van der Waals surface area contributed by atoms with Crippen molar-refractivity contribution in [3.05, 3.63) is 44.2 Å². The number of nitrogens with zero attached hydrogens (tertiary/aromatic N) is 1. The molecular weight excluding hydrogens is 353 g/mol. The van der Waals surface area contributed by atoms with E-state index in [0.717, 1.165) is 6.07 Å². The average molecular weight is 363 g/mol. The molecule has 0 aliphatic carbocycles. The number of aromatic amines is 1. The Hall–Kier alpha value is -1.83. The minimum Gasteiger partial charge on any atom is -0.493 e. The molecule has 2 aromatic rings. The lowest BCUT2D eigenvalue weighted by molar-refractivity contribution is -0.137. The molecule has 0 saturated carbocycles. The second-order valence-electron chi connectivity index (χ2n) is 4.26. The number of rotatable bonds is 2. The molecule has 0 radical (unpaired) electrons. The van der Waals surface area contributed by atoms with E-state index in [4.69, 9.17) is 0 Å². The van der Waals surface area contributed by atoms with Crippen molar-refractivity contribution in [3.63, 3.8) is 0 Å². The molecule has 0 bridgehead atoms. The van der Waals surface area contributed by atoms with E-state index in [1.807, 2.05) is 0 Å². The quantitative estimate of drug-likeness (QED) is 0.859. The van der Waals surface area contributed by atoms with E-state index in [1.54, 1.807) is 6.92 Å². The van der Waals surface area contributed by atoms with Crippen molar-refractivity contribution in [1.82, 2.24) is 9.97 Å². The molecule has 1 aromatic carbocycles. The predicted molar refractivity (Wildman–Crippen MR) is 74.0 cm³/mol. The van der Waals surface area contributed by atoms with Gasteiger partial charge in [-0.1, -0.05) is 22.9 Å². The molecule has 2 rings (SSSR count). The largest absolute Gasteiger partial charge is 0.493 e. The van der Waals surface area contributed by atoms with Crippen LogP contribution in [-0.4, -0.2) is 15.1 Å². The van der Waals surface area contributed by atoms with E-state index >= 15 is 0 Å². The number of halogens is 4. The topological polar surface area (TPSA) is 66.0 Å². The van der Waals surface area contributed by atoms with E-state index in [9.17, 15) is 23.1 Å². The highest BCUT2D eigenvalue weighted by Gasteiger charge is 2.34. The standard InChI is InChI=1S/C13H10BrF3N2O2/c1-2-7-11(20)18-10(19-12(7)21)8-4-3-6(14)5-9(8)13(15,16)17/h3-5H,2H2,1H3,(H2,18,19,20,21). The lowest BCUT2D eigenvalue weighted by Gasteiger charge is -2.13. The van der Waals surface area contributed by atoms with Crippen LogP contribution in [0.3, 0.4) is 0 Å². The Balaban J connectivity index is 2.71. The third-order valence-corrected chi connectivity index (χ3v) is 3.38. The lowest BCUT2D eigenvalue weighted by atomic mass is 10.1. The highest BCUT2D eigenvalue weighted by molar-refractivity contribution is 9.10. The van der Waals surface area contributed by atoms with Crippen LogP contribution in [-0.2, 0) is 12.6 Å². The van der Waals surface area contributed by atoms with E-state index in [1.165, 1.54) is 12.1 Å². The monoisotopic (exact) mass is 362 g/mol. The van der Waals surface area contributed by atoms with Gasteiger partial charge in [0.1, 0.15) is 5.82 Å². The van der Waals surface area contributed by atoms with E-state index in [2.05, 4.69) is 25.9 Å². The molecule has 4 nitrogen and oxygen atoms in total. The molecule has 0 fully saturated rings. The summed E-state index contributed by atoms with van der Waals surface area (Å²) < 4.78 is 39.4. The van der Waals surface area contributed by atoms with Crippen molar-refractivity contribution >= 4 is 15.9 Å². The van der Waals surface area contributed by atoms with Crippen LogP contribution in [0, 0.1) is 0 Å². The van der Waals surface area contributed by atoms with Gasteiger partial charge in [0.05, 0.1) is 11.1 Å². The molecule has 2 N–H and O–H groups in total.